The van der Waals surface area contributed by atoms with E-state index in [2.05, 4.69) is 234 Å². The van der Waals surface area contributed by atoms with E-state index in [0.717, 1.165) is 72.1 Å². The van der Waals surface area contributed by atoms with Crippen LogP contribution in [0.1, 0.15) is 22.9 Å². The number of amidine groups is 2. The van der Waals surface area contributed by atoms with Gasteiger partial charge in [0.2, 0.25) is 0 Å². The normalized spacial score (nSPS) is 14.0. The number of fused-ring (bicyclic) bond motifs is 11. The second-order valence-corrected chi connectivity index (χ2v) is 17.7. The molecular formula is C63H40N4O. The van der Waals surface area contributed by atoms with Crippen LogP contribution in [0.4, 0.5) is 0 Å². The van der Waals surface area contributed by atoms with Crippen LogP contribution in [0.2, 0.25) is 0 Å². The Morgan fingerprint density at radius 1 is 0.397 bits per heavy atom. The van der Waals surface area contributed by atoms with Crippen LogP contribution < -0.4 is 5.32 Å². The van der Waals surface area contributed by atoms with Crippen molar-refractivity contribution < 1.29 is 4.42 Å². The SMILES string of the molecule is c1ccc(-c2ccc(C3=NC(c4cccc5oc6ccc(-n7c8ccc9ccccc9c8c8c9ccccc9c(-c9ccccc9)cc87)cc6c45)=NC(c4ccc5ccccc5c4)N3)cc2)cc1. The molecule has 0 spiro atoms. The van der Waals surface area contributed by atoms with Gasteiger partial charge in [-0.3, -0.25) is 0 Å². The summed E-state index contributed by atoms with van der Waals surface area (Å²) in [7, 11) is 0. The molecule has 0 fully saturated rings. The van der Waals surface area contributed by atoms with Crippen molar-refractivity contribution in [3.8, 4) is 27.9 Å². The van der Waals surface area contributed by atoms with E-state index in [1.54, 1.807) is 0 Å². The van der Waals surface area contributed by atoms with Crippen molar-refractivity contribution >= 4 is 87.7 Å². The van der Waals surface area contributed by atoms with E-state index in [1.165, 1.54) is 54.4 Å². The zero-order valence-electron chi connectivity index (χ0n) is 36.8. The van der Waals surface area contributed by atoms with Gasteiger partial charge in [-0.2, -0.15) is 0 Å². The Bertz CT molecular complexity index is 4220. The summed E-state index contributed by atoms with van der Waals surface area (Å²) in [5, 5.41) is 15.5. The van der Waals surface area contributed by atoms with E-state index < -0.39 is 0 Å². The maximum atomic E-state index is 6.72. The van der Waals surface area contributed by atoms with Crippen molar-refractivity contribution in [2.24, 2.45) is 9.98 Å². The molecule has 14 rings (SSSR count). The number of rotatable bonds is 6. The predicted molar refractivity (Wildman–Crippen MR) is 283 cm³/mol. The standard InChI is InChI=1S/C63H40N4O/c1-3-14-39(15-4-1)41-26-29-44(30-27-41)61-64-62(46-31-28-40-16-7-8-20-45(40)36-46)66-63(65-61)51-24-13-25-57-58(51)53-37-47(33-35-56(53)68-57)67-54-34-32-43-19-9-10-21-48(43)59(54)60-50-23-12-11-22-49(50)52(38-55(60)67)42-17-5-2-6-18-42/h1-38,62H,(H,64,65,66). The van der Waals surface area contributed by atoms with Gasteiger partial charge in [-0.25, -0.2) is 9.98 Å². The number of aliphatic imine (C=N–C) groups is 2. The zero-order chi connectivity index (χ0) is 44.7. The lowest BCUT2D eigenvalue weighted by molar-refractivity contribution is 0.668. The molecule has 3 heterocycles. The molecule has 68 heavy (non-hydrogen) atoms. The van der Waals surface area contributed by atoms with Crippen LogP contribution in [-0.4, -0.2) is 16.2 Å². The van der Waals surface area contributed by atoms with Gasteiger partial charge in [0, 0.05) is 38.4 Å². The average Bonchev–Trinajstić information content (AvgIpc) is 3.97. The molecule has 13 aromatic rings. The highest BCUT2D eigenvalue weighted by Crippen LogP contribution is 2.45. The summed E-state index contributed by atoms with van der Waals surface area (Å²) in [6.45, 7) is 0. The molecule has 0 bridgehead atoms. The van der Waals surface area contributed by atoms with E-state index in [9.17, 15) is 0 Å². The van der Waals surface area contributed by atoms with Gasteiger partial charge in [-0.05, 0) is 103 Å². The number of nitrogens with zero attached hydrogens (tertiary/aromatic N) is 3. The number of furan rings is 1. The van der Waals surface area contributed by atoms with Gasteiger partial charge in [-0.1, -0.05) is 188 Å². The average molecular weight is 869 g/mol. The molecule has 1 N–H and O–H groups in total. The summed E-state index contributed by atoms with van der Waals surface area (Å²) in [5.41, 5.74) is 12.6. The fourth-order valence-corrected chi connectivity index (χ4v) is 10.6. The molecular weight excluding hydrogens is 829 g/mol. The molecule has 1 aliphatic rings. The quantitative estimate of drug-likeness (QED) is 0.181. The maximum Gasteiger partial charge on any atom is 0.160 e. The van der Waals surface area contributed by atoms with Crippen molar-refractivity contribution in [1.82, 2.24) is 9.88 Å². The molecule has 11 aromatic carbocycles. The number of hydrogen-bond acceptors (Lipinski definition) is 4. The molecule has 0 saturated heterocycles. The monoisotopic (exact) mass is 868 g/mol. The number of hydrogen-bond donors (Lipinski definition) is 1. The molecule has 2 aromatic heterocycles. The fourth-order valence-electron chi connectivity index (χ4n) is 10.6. The Labute approximate surface area is 391 Å². The van der Waals surface area contributed by atoms with Crippen LogP contribution in [0.3, 0.4) is 0 Å². The lowest BCUT2D eigenvalue weighted by Crippen LogP contribution is -2.33. The molecule has 5 heteroatoms. The highest BCUT2D eigenvalue weighted by Gasteiger charge is 2.25. The highest BCUT2D eigenvalue weighted by molar-refractivity contribution is 6.30. The number of nitrogens with one attached hydrogen (secondary N) is 1. The van der Waals surface area contributed by atoms with E-state index in [0.29, 0.717) is 5.84 Å². The fraction of sp³-hybridized carbons (Fsp3) is 0.0159. The molecule has 0 radical (unpaired) electrons. The summed E-state index contributed by atoms with van der Waals surface area (Å²) < 4.78 is 9.17. The summed E-state index contributed by atoms with van der Waals surface area (Å²) in [4.78, 5) is 10.8. The first-order valence-corrected chi connectivity index (χ1v) is 23.2. The molecule has 1 aliphatic heterocycles. The van der Waals surface area contributed by atoms with Crippen LogP contribution in [-0.2, 0) is 0 Å². The summed E-state index contributed by atoms with van der Waals surface area (Å²) in [6, 6.07) is 82.3. The molecule has 318 valence electrons. The van der Waals surface area contributed by atoms with E-state index in [4.69, 9.17) is 14.4 Å². The third-order valence-electron chi connectivity index (χ3n) is 13.8. The Balaban J connectivity index is 0.991. The van der Waals surface area contributed by atoms with E-state index >= 15 is 0 Å². The second-order valence-electron chi connectivity index (χ2n) is 17.7. The summed E-state index contributed by atoms with van der Waals surface area (Å²) >= 11 is 0. The Hall–Kier alpha value is -9.06. The minimum atomic E-state index is -0.388. The lowest BCUT2D eigenvalue weighted by Gasteiger charge is -2.24. The number of benzene rings is 11. The summed E-state index contributed by atoms with van der Waals surface area (Å²) in [6.07, 6.45) is -0.388. The minimum Gasteiger partial charge on any atom is -0.456 e. The maximum absolute atomic E-state index is 6.72. The zero-order valence-corrected chi connectivity index (χ0v) is 36.8. The molecule has 1 atom stereocenters. The molecule has 0 amide bonds. The van der Waals surface area contributed by atoms with Crippen molar-refractivity contribution in [2.75, 3.05) is 0 Å². The van der Waals surface area contributed by atoms with Crippen molar-refractivity contribution in [3.05, 3.63) is 247 Å². The molecule has 1 unspecified atom stereocenters. The molecule has 5 nitrogen and oxygen atoms in total. The van der Waals surface area contributed by atoms with Gasteiger partial charge in [0.05, 0.1) is 11.0 Å². The van der Waals surface area contributed by atoms with Gasteiger partial charge >= 0.3 is 0 Å². The third kappa shape index (κ3) is 6.10. The first-order chi connectivity index (χ1) is 33.7. The van der Waals surface area contributed by atoms with Gasteiger partial charge in [0.25, 0.3) is 0 Å². The highest BCUT2D eigenvalue weighted by atomic mass is 16.3. The van der Waals surface area contributed by atoms with Crippen LogP contribution in [0.15, 0.2) is 245 Å². The largest absolute Gasteiger partial charge is 0.456 e. The van der Waals surface area contributed by atoms with Gasteiger partial charge in [-0.15, -0.1) is 0 Å². The van der Waals surface area contributed by atoms with Crippen molar-refractivity contribution in [3.63, 3.8) is 0 Å². The smallest absolute Gasteiger partial charge is 0.160 e. The van der Waals surface area contributed by atoms with Crippen molar-refractivity contribution in [1.29, 1.82) is 0 Å². The topological polar surface area (TPSA) is 54.8 Å². The van der Waals surface area contributed by atoms with Gasteiger partial charge in [0.1, 0.15) is 23.2 Å². The first kappa shape index (κ1) is 38.2. The first-order valence-electron chi connectivity index (χ1n) is 23.2. The van der Waals surface area contributed by atoms with Crippen molar-refractivity contribution in [2.45, 2.75) is 6.17 Å². The molecule has 0 saturated carbocycles. The lowest BCUT2D eigenvalue weighted by atomic mass is 9.94. The molecule has 0 aliphatic carbocycles. The van der Waals surface area contributed by atoms with Crippen LogP contribution in [0.25, 0.3) is 104 Å². The van der Waals surface area contributed by atoms with E-state index in [1.807, 2.05) is 6.07 Å². The number of aromatic nitrogens is 1. The Kier molecular flexibility index (Phi) is 8.58. The van der Waals surface area contributed by atoms with Gasteiger partial charge in [0.15, 0.2) is 5.84 Å². The second kappa shape index (κ2) is 15.3. The minimum absolute atomic E-state index is 0.388. The Morgan fingerprint density at radius 2 is 1.06 bits per heavy atom. The van der Waals surface area contributed by atoms with Crippen LogP contribution in [0, 0.1) is 0 Å². The van der Waals surface area contributed by atoms with Crippen LogP contribution in [0.5, 0.6) is 0 Å². The summed E-state index contributed by atoms with van der Waals surface area (Å²) in [5.74, 6) is 1.40. The van der Waals surface area contributed by atoms with Crippen LogP contribution >= 0.6 is 0 Å². The van der Waals surface area contributed by atoms with E-state index in [-0.39, 0.29) is 6.17 Å². The Morgan fingerprint density at radius 3 is 1.88 bits per heavy atom. The predicted octanol–water partition coefficient (Wildman–Crippen LogP) is 16.0. The third-order valence-corrected chi connectivity index (χ3v) is 13.8. The van der Waals surface area contributed by atoms with Gasteiger partial charge < -0.3 is 14.3 Å².